The summed E-state index contributed by atoms with van der Waals surface area (Å²) in [6, 6.07) is 4.34. The number of carboxylic acids is 1. The molecule has 0 atom stereocenters. The van der Waals surface area contributed by atoms with Gasteiger partial charge in [-0.05, 0) is 37.5 Å². The molecule has 22 heavy (non-hydrogen) atoms. The van der Waals surface area contributed by atoms with Crippen LogP contribution in [0.4, 0.5) is 5.69 Å². The van der Waals surface area contributed by atoms with Gasteiger partial charge in [-0.25, -0.2) is 17.9 Å². The second kappa shape index (κ2) is 7.11. The van der Waals surface area contributed by atoms with Crippen molar-refractivity contribution in [2.45, 2.75) is 37.5 Å². The van der Waals surface area contributed by atoms with E-state index in [1.807, 2.05) is 11.8 Å². The summed E-state index contributed by atoms with van der Waals surface area (Å²) in [6.45, 7) is 3.94. The van der Waals surface area contributed by atoms with E-state index < -0.39 is 16.0 Å². The van der Waals surface area contributed by atoms with Crippen LogP contribution in [-0.2, 0) is 10.0 Å². The van der Waals surface area contributed by atoms with Crippen LogP contribution in [0.3, 0.4) is 0 Å². The zero-order valence-corrected chi connectivity index (χ0v) is 13.5. The van der Waals surface area contributed by atoms with E-state index >= 15 is 0 Å². The molecule has 2 rings (SSSR count). The van der Waals surface area contributed by atoms with Crippen LogP contribution in [0.15, 0.2) is 23.1 Å². The molecule has 1 heterocycles. The molecule has 0 amide bonds. The molecule has 0 bridgehead atoms. The summed E-state index contributed by atoms with van der Waals surface area (Å²) in [6.07, 6.45) is 3.68. The lowest BCUT2D eigenvalue weighted by Crippen LogP contribution is -2.26. The molecule has 0 aliphatic carbocycles. The molecule has 0 unspecified atom stereocenters. The number of nitrogens with zero attached hydrogens (tertiary/aromatic N) is 1. The molecule has 1 aromatic carbocycles. The molecule has 1 aliphatic rings. The van der Waals surface area contributed by atoms with Crippen molar-refractivity contribution in [3.05, 3.63) is 23.8 Å². The lowest BCUT2D eigenvalue weighted by molar-refractivity contribution is 0.0697. The molecule has 1 aromatic rings. The summed E-state index contributed by atoms with van der Waals surface area (Å²) in [5.41, 5.74) is 0.637. The highest BCUT2D eigenvalue weighted by Crippen LogP contribution is 2.27. The Morgan fingerprint density at radius 2 is 2.00 bits per heavy atom. The van der Waals surface area contributed by atoms with Crippen molar-refractivity contribution in [2.24, 2.45) is 0 Å². The van der Waals surface area contributed by atoms with Crippen LogP contribution >= 0.6 is 0 Å². The van der Waals surface area contributed by atoms with Gasteiger partial charge in [0.2, 0.25) is 10.0 Å². The highest BCUT2D eigenvalue weighted by Gasteiger charge is 2.22. The highest BCUT2D eigenvalue weighted by molar-refractivity contribution is 7.89. The van der Waals surface area contributed by atoms with E-state index in [0.717, 1.165) is 38.8 Å². The summed E-state index contributed by atoms with van der Waals surface area (Å²) in [4.78, 5) is 13.5. The highest BCUT2D eigenvalue weighted by atomic mass is 32.2. The topological polar surface area (TPSA) is 86.7 Å². The summed E-state index contributed by atoms with van der Waals surface area (Å²) >= 11 is 0. The molecular weight excluding hydrogens is 304 g/mol. The first kappa shape index (κ1) is 16.8. The van der Waals surface area contributed by atoms with Gasteiger partial charge in [-0.15, -0.1) is 0 Å². The second-order valence-corrected chi connectivity index (χ2v) is 7.20. The van der Waals surface area contributed by atoms with E-state index in [9.17, 15) is 18.3 Å². The van der Waals surface area contributed by atoms with Crippen LogP contribution in [0.5, 0.6) is 0 Å². The van der Waals surface area contributed by atoms with Crippen LogP contribution < -0.4 is 9.62 Å². The maximum absolute atomic E-state index is 12.2. The quantitative estimate of drug-likeness (QED) is 0.749. The minimum absolute atomic E-state index is 0.00366. The van der Waals surface area contributed by atoms with Crippen molar-refractivity contribution in [1.29, 1.82) is 0 Å². The van der Waals surface area contributed by atoms with Crippen molar-refractivity contribution in [3.63, 3.8) is 0 Å². The van der Waals surface area contributed by atoms with E-state index in [4.69, 9.17) is 0 Å². The second-order valence-electron chi connectivity index (χ2n) is 5.43. The Labute approximate surface area is 131 Å². The van der Waals surface area contributed by atoms with Crippen molar-refractivity contribution >= 4 is 21.7 Å². The number of sulfonamides is 1. The van der Waals surface area contributed by atoms with E-state index in [1.54, 1.807) is 6.07 Å². The molecule has 0 aromatic heterocycles. The first-order valence-electron chi connectivity index (χ1n) is 7.57. The molecule has 0 spiro atoms. The number of benzene rings is 1. The van der Waals surface area contributed by atoms with Crippen LogP contribution in [0.2, 0.25) is 0 Å². The van der Waals surface area contributed by atoms with Gasteiger partial charge < -0.3 is 10.0 Å². The Kier molecular flexibility index (Phi) is 5.42. The van der Waals surface area contributed by atoms with E-state index in [2.05, 4.69) is 4.72 Å². The largest absolute Gasteiger partial charge is 0.478 e. The van der Waals surface area contributed by atoms with Crippen molar-refractivity contribution in [3.8, 4) is 0 Å². The fourth-order valence-corrected chi connectivity index (χ4v) is 3.65. The Hall–Kier alpha value is -1.60. The lowest BCUT2D eigenvalue weighted by atomic mass is 10.1. The Bertz CT molecular complexity index is 637. The van der Waals surface area contributed by atoms with Gasteiger partial charge in [0.25, 0.3) is 0 Å². The van der Waals surface area contributed by atoms with Gasteiger partial charge in [-0.3, -0.25) is 0 Å². The van der Waals surface area contributed by atoms with Gasteiger partial charge in [-0.2, -0.15) is 0 Å². The maximum Gasteiger partial charge on any atom is 0.337 e. The van der Waals surface area contributed by atoms with Gasteiger partial charge in [0.15, 0.2) is 0 Å². The normalized spacial score (nSPS) is 15.2. The summed E-state index contributed by atoms with van der Waals surface area (Å²) in [7, 11) is -3.66. The molecule has 1 saturated heterocycles. The minimum atomic E-state index is -3.66. The molecule has 0 saturated carbocycles. The average Bonchev–Trinajstić information content (AvgIpc) is 3.00. The number of anilines is 1. The fraction of sp³-hybridized carbons (Fsp3) is 0.533. The number of hydrogen-bond acceptors (Lipinski definition) is 4. The van der Waals surface area contributed by atoms with Gasteiger partial charge in [-0.1, -0.05) is 13.3 Å². The average molecular weight is 326 g/mol. The predicted molar refractivity (Wildman–Crippen MR) is 84.9 cm³/mol. The fourth-order valence-electron chi connectivity index (χ4n) is 2.55. The van der Waals surface area contributed by atoms with Gasteiger partial charge >= 0.3 is 5.97 Å². The SMILES string of the molecule is CCCCNS(=O)(=O)c1ccc(N2CCCC2)c(C(=O)O)c1. The van der Waals surface area contributed by atoms with Crippen molar-refractivity contribution < 1.29 is 18.3 Å². The number of aromatic carboxylic acids is 1. The Balaban J connectivity index is 2.30. The number of carbonyl (C=O) groups is 1. The standard InChI is InChI=1S/C15H22N2O4S/c1-2-3-8-16-22(20,21)12-6-7-14(13(11-12)15(18)19)17-9-4-5-10-17/h6-7,11,16H,2-5,8-10H2,1H3,(H,18,19). The van der Waals surface area contributed by atoms with Gasteiger partial charge in [0, 0.05) is 19.6 Å². The molecule has 2 N–H and O–H groups in total. The third-order valence-corrected chi connectivity index (χ3v) is 5.24. The smallest absolute Gasteiger partial charge is 0.337 e. The van der Waals surface area contributed by atoms with Crippen LogP contribution in [0.1, 0.15) is 43.0 Å². The molecular formula is C15H22N2O4S. The zero-order valence-electron chi connectivity index (χ0n) is 12.7. The lowest BCUT2D eigenvalue weighted by Gasteiger charge is -2.20. The molecule has 1 fully saturated rings. The third kappa shape index (κ3) is 3.78. The Morgan fingerprint density at radius 3 is 2.59 bits per heavy atom. The van der Waals surface area contributed by atoms with Crippen LogP contribution in [0.25, 0.3) is 0 Å². The number of unbranched alkanes of at least 4 members (excludes halogenated alkanes) is 1. The molecule has 1 aliphatic heterocycles. The van der Waals surface area contributed by atoms with Gasteiger partial charge in [0.05, 0.1) is 16.1 Å². The van der Waals surface area contributed by atoms with Crippen molar-refractivity contribution in [2.75, 3.05) is 24.5 Å². The molecule has 6 nitrogen and oxygen atoms in total. The number of nitrogens with one attached hydrogen (secondary N) is 1. The van der Waals surface area contributed by atoms with E-state index in [0.29, 0.717) is 12.2 Å². The molecule has 122 valence electrons. The van der Waals surface area contributed by atoms with Gasteiger partial charge in [0.1, 0.15) is 0 Å². The first-order valence-corrected chi connectivity index (χ1v) is 9.06. The number of carboxylic acid groups (broad SMARTS) is 1. The summed E-state index contributed by atoms with van der Waals surface area (Å²) in [5.74, 6) is -1.10. The van der Waals surface area contributed by atoms with Crippen molar-refractivity contribution in [1.82, 2.24) is 4.72 Å². The first-order chi connectivity index (χ1) is 10.5. The van der Waals surface area contributed by atoms with Crippen LogP contribution in [0, 0.1) is 0 Å². The summed E-state index contributed by atoms with van der Waals surface area (Å²) < 4.78 is 26.9. The maximum atomic E-state index is 12.2. The third-order valence-electron chi connectivity index (χ3n) is 3.78. The number of hydrogen-bond donors (Lipinski definition) is 2. The molecule has 0 radical (unpaired) electrons. The Morgan fingerprint density at radius 1 is 1.32 bits per heavy atom. The van der Waals surface area contributed by atoms with E-state index in [-0.39, 0.29) is 10.5 Å². The monoisotopic (exact) mass is 326 g/mol. The predicted octanol–water partition coefficient (Wildman–Crippen LogP) is 2.06. The zero-order chi connectivity index (χ0) is 16.2. The summed E-state index contributed by atoms with van der Waals surface area (Å²) in [5, 5.41) is 9.39. The minimum Gasteiger partial charge on any atom is -0.478 e. The molecule has 7 heteroatoms. The van der Waals surface area contributed by atoms with Crippen LogP contribution in [-0.4, -0.2) is 39.1 Å². The van der Waals surface area contributed by atoms with E-state index in [1.165, 1.54) is 12.1 Å². The number of rotatable bonds is 7.